The molecule has 1 aliphatic heterocycles. The lowest BCUT2D eigenvalue weighted by Gasteiger charge is -2.05. The molecule has 0 aliphatic carbocycles. The molecular weight excluding hydrogens is 338 g/mol. The zero-order valence-electron chi connectivity index (χ0n) is 14.3. The monoisotopic (exact) mass is 355 g/mol. The first-order valence-corrected chi connectivity index (χ1v) is 8.01. The van der Waals surface area contributed by atoms with Crippen LogP contribution in [0, 0.1) is 6.92 Å². The van der Waals surface area contributed by atoms with Crippen LogP contribution in [-0.4, -0.2) is 22.5 Å². The van der Waals surface area contributed by atoms with Crippen LogP contribution in [-0.2, 0) is 13.7 Å². The van der Waals surface area contributed by atoms with Gasteiger partial charge < -0.3 is 23.9 Å². The Labute approximate surface area is 149 Å². The number of anilines is 1. The Morgan fingerprint density at radius 3 is 2.92 bits per heavy atom. The fraction of sp³-hybridized carbons (Fsp3) is 0.222. The number of carbonyl (C=O) groups is 1. The van der Waals surface area contributed by atoms with Crippen molar-refractivity contribution in [3.63, 3.8) is 0 Å². The van der Waals surface area contributed by atoms with Gasteiger partial charge in [0.2, 0.25) is 6.79 Å². The van der Waals surface area contributed by atoms with Crippen molar-refractivity contribution in [2.75, 3.05) is 12.1 Å². The van der Waals surface area contributed by atoms with Crippen molar-refractivity contribution in [3.8, 4) is 17.2 Å². The molecule has 3 aromatic rings. The Kier molecular flexibility index (Phi) is 4.00. The molecule has 0 radical (unpaired) electrons. The van der Waals surface area contributed by atoms with Gasteiger partial charge in [0.25, 0.3) is 5.91 Å². The summed E-state index contributed by atoms with van der Waals surface area (Å²) in [6, 6.07) is 8.64. The number of rotatable bonds is 5. The number of ether oxygens (including phenoxy) is 3. The van der Waals surface area contributed by atoms with Crippen molar-refractivity contribution in [3.05, 3.63) is 53.7 Å². The van der Waals surface area contributed by atoms with Gasteiger partial charge in [0.05, 0.1) is 17.6 Å². The van der Waals surface area contributed by atoms with Crippen molar-refractivity contribution in [1.82, 2.24) is 9.78 Å². The van der Waals surface area contributed by atoms with Crippen LogP contribution >= 0.6 is 0 Å². The first-order valence-electron chi connectivity index (χ1n) is 8.01. The van der Waals surface area contributed by atoms with Crippen molar-refractivity contribution in [2.24, 2.45) is 7.05 Å². The molecule has 0 saturated carbocycles. The summed E-state index contributed by atoms with van der Waals surface area (Å²) in [5.41, 5.74) is 1.50. The normalized spacial score (nSPS) is 12.2. The summed E-state index contributed by atoms with van der Waals surface area (Å²) in [4.78, 5) is 12.3. The summed E-state index contributed by atoms with van der Waals surface area (Å²) in [5, 5.41) is 6.86. The number of aromatic nitrogens is 2. The Morgan fingerprint density at radius 1 is 1.27 bits per heavy atom. The summed E-state index contributed by atoms with van der Waals surface area (Å²) in [6.07, 6.45) is 1.60. The molecule has 2 aromatic heterocycles. The van der Waals surface area contributed by atoms with Crippen molar-refractivity contribution in [1.29, 1.82) is 0 Å². The zero-order valence-corrected chi connectivity index (χ0v) is 14.3. The molecule has 0 unspecified atom stereocenters. The average molecular weight is 355 g/mol. The quantitative estimate of drug-likeness (QED) is 0.757. The van der Waals surface area contributed by atoms with E-state index in [9.17, 15) is 4.79 Å². The first-order chi connectivity index (χ1) is 12.6. The minimum Gasteiger partial charge on any atom is -0.486 e. The number of hydrogen-bond acceptors (Lipinski definition) is 6. The third-order valence-electron chi connectivity index (χ3n) is 4.09. The smallest absolute Gasteiger partial charge is 0.291 e. The highest BCUT2D eigenvalue weighted by Crippen LogP contribution is 2.35. The summed E-state index contributed by atoms with van der Waals surface area (Å²) in [6.45, 7) is 2.28. The number of hydrogen-bond donors (Lipinski definition) is 1. The van der Waals surface area contributed by atoms with Crippen molar-refractivity contribution >= 4 is 11.6 Å². The summed E-state index contributed by atoms with van der Waals surface area (Å²) in [5.74, 6) is 2.38. The van der Waals surface area contributed by atoms with E-state index in [1.807, 2.05) is 14.0 Å². The van der Waals surface area contributed by atoms with Gasteiger partial charge in [0.1, 0.15) is 18.1 Å². The fourth-order valence-electron chi connectivity index (χ4n) is 2.50. The average Bonchev–Trinajstić information content (AvgIpc) is 3.36. The number of benzene rings is 1. The SMILES string of the molecule is Cc1c(NC(=O)c2ccc(COc3ccc4c(c3)OCO4)o2)cnn1C. The highest BCUT2D eigenvalue weighted by Gasteiger charge is 2.16. The molecule has 8 heteroatoms. The van der Waals surface area contributed by atoms with E-state index in [1.165, 1.54) is 0 Å². The molecule has 0 fully saturated rings. The molecule has 1 N–H and O–H groups in total. The highest BCUT2D eigenvalue weighted by molar-refractivity contribution is 6.02. The predicted octanol–water partition coefficient (Wildman–Crippen LogP) is 2.88. The number of furan rings is 1. The van der Waals surface area contributed by atoms with Crippen LogP contribution in [0.1, 0.15) is 22.0 Å². The second-order valence-corrected chi connectivity index (χ2v) is 5.79. The first kappa shape index (κ1) is 16.1. The summed E-state index contributed by atoms with van der Waals surface area (Å²) < 4.78 is 23.5. The number of nitrogens with one attached hydrogen (secondary N) is 1. The molecule has 1 amide bonds. The predicted molar refractivity (Wildman–Crippen MR) is 91.5 cm³/mol. The molecule has 26 heavy (non-hydrogen) atoms. The van der Waals surface area contributed by atoms with Gasteiger partial charge in [-0.05, 0) is 31.2 Å². The van der Waals surface area contributed by atoms with E-state index in [4.69, 9.17) is 18.6 Å². The van der Waals surface area contributed by atoms with E-state index in [0.717, 1.165) is 5.69 Å². The van der Waals surface area contributed by atoms with Crippen LogP contribution in [0.5, 0.6) is 17.2 Å². The topological polar surface area (TPSA) is 87.8 Å². The zero-order chi connectivity index (χ0) is 18.1. The lowest BCUT2D eigenvalue weighted by atomic mass is 10.3. The van der Waals surface area contributed by atoms with Gasteiger partial charge in [-0.3, -0.25) is 9.48 Å². The van der Waals surface area contributed by atoms with Crippen molar-refractivity contribution < 1.29 is 23.4 Å². The van der Waals surface area contributed by atoms with Crippen LogP contribution < -0.4 is 19.5 Å². The molecule has 0 saturated heterocycles. The molecular formula is C18H17N3O5. The van der Waals surface area contributed by atoms with Crippen LogP contribution in [0.15, 0.2) is 40.9 Å². The number of carbonyl (C=O) groups excluding carboxylic acids is 1. The Hall–Kier alpha value is -3.42. The Morgan fingerprint density at radius 2 is 2.12 bits per heavy atom. The van der Waals surface area contributed by atoms with E-state index in [-0.39, 0.29) is 25.1 Å². The van der Waals surface area contributed by atoms with Gasteiger partial charge in [-0.2, -0.15) is 5.10 Å². The maximum absolute atomic E-state index is 12.3. The summed E-state index contributed by atoms with van der Waals surface area (Å²) >= 11 is 0. The van der Waals surface area contributed by atoms with Crippen LogP contribution in [0.25, 0.3) is 0 Å². The van der Waals surface area contributed by atoms with Gasteiger partial charge in [0.15, 0.2) is 17.3 Å². The van der Waals surface area contributed by atoms with Crippen molar-refractivity contribution in [2.45, 2.75) is 13.5 Å². The van der Waals surface area contributed by atoms with E-state index in [2.05, 4.69) is 10.4 Å². The standard InChI is InChI=1S/C18H17N3O5/c1-11-14(8-19-21(11)2)20-18(22)16-6-4-13(26-16)9-23-12-3-5-15-17(7-12)25-10-24-15/h3-8H,9-10H2,1-2H3,(H,20,22). The minimum atomic E-state index is -0.338. The van der Waals surface area contributed by atoms with Crippen LogP contribution in [0.2, 0.25) is 0 Å². The second-order valence-electron chi connectivity index (χ2n) is 5.79. The molecule has 0 spiro atoms. The Balaban J connectivity index is 1.38. The van der Waals surface area contributed by atoms with E-state index >= 15 is 0 Å². The number of nitrogens with zero attached hydrogens (tertiary/aromatic N) is 2. The lowest BCUT2D eigenvalue weighted by Crippen LogP contribution is -2.11. The van der Waals surface area contributed by atoms with Gasteiger partial charge in [0, 0.05) is 13.1 Å². The lowest BCUT2D eigenvalue weighted by molar-refractivity contribution is 0.0992. The Bertz CT molecular complexity index is 960. The van der Waals surface area contributed by atoms with E-state index in [0.29, 0.717) is 28.7 Å². The summed E-state index contributed by atoms with van der Waals surface area (Å²) in [7, 11) is 1.81. The molecule has 0 bridgehead atoms. The maximum Gasteiger partial charge on any atom is 0.291 e. The third kappa shape index (κ3) is 3.08. The van der Waals surface area contributed by atoms with Crippen LogP contribution in [0.3, 0.4) is 0 Å². The largest absolute Gasteiger partial charge is 0.486 e. The molecule has 3 heterocycles. The molecule has 8 nitrogen and oxygen atoms in total. The van der Waals surface area contributed by atoms with Gasteiger partial charge in [-0.15, -0.1) is 0 Å². The number of amides is 1. The fourth-order valence-corrected chi connectivity index (χ4v) is 2.50. The van der Waals surface area contributed by atoms with Gasteiger partial charge in [-0.25, -0.2) is 0 Å². The minimum absolute atomic E-state index is 0.193. The molecule has 0 atom stereocenters. The van der Waals surface area contributed by atoms with Gasteiger partial charge >= 0.3 is 0 Å². The molecule has 4 rings (SSSR count). The molecule has 1 aliphatic rings. The van der Waals surface area contributed by atoms with Crippen LogP contribution in [0.4, 0.5) is 5.69 Å². The maximum atomic E-state index is 12.3. The van der Waals surface area contributed by atoms with E-state index < -0.39 is 0 Å². The second kappa shape index (κ2) is 6.47. The van der Waals surface area contributed by atoms with E-state index in [1.54, 1.807) is 41.2 Å². The number of fused-ring (bicyclic) bond motifs is 1. The third-order valence-corrected chi connectivity index (χ3v) is 4.09. The molecule has 134 valence electrons. The highest BCUT2D eigenvalue weighted by atomic mass is 16.7. The number of aryl methyl sites for hydroxylation is 1. The van der Waals surface area contributed by atoms with Gasteiger partial charge in [-0.1, -0.05) is 0 Å². The molecule has 1 aromatic carbocycles.